The molecule has 0 aliphatic carbocycles. The van der Waals surface area contributed by atoms with Crippen molar-refractivity contribution in [3.05, 3.63) is 0 Å². The fraction of sp³-hybridized carbons (Fsp3) is 1.00. The van der Waals surface area contributed by atoms with Crippen LogP contribution in [0.25, 0.3) is 0 Å². The van der Waals surface area contributed by atoms with Crippen molar-refractivity contribution in [2.75, 3.05) is 37.2 Å². The summed E-state index contributed by atoms with van der Waals surface area (Å²) in [7, 11) is -5.06. The first-order chi connectivity index (χ1) is 7.20. The average molecular weight is 273 g/mol. The molecule has 0 saturated carbocycles. The molecule has 0 bridgehead atoms. The lowest BCUT2D eigenvalue weighted by Gasteiger charge is -2.14. The van der Waals surface area contributed by atoms with Crippen molar-refractivity contribution in [1.29, 1.82) is 0 Å². The van der Waals surface area contributed by atoms with Gasteiger partial charge in [-0.3, -0.25) is 0 Å². The number of hydrogen-bond donors (Lipinski definition) is 2. The first-order valence-corrected chi connectivity index (χ1v) is 8.74. The van der Waals surface area contributed by atoms with E-state index in [9.17, 15) is 16.8 Å². The molecular weight excluding hydrogens is 254 g/mol. The smallest absolute Gasteiger partial charge is 0.152 e. The largest absolute Gasteiger partial charge is 0.396 e. The Morgan fingerprint density at radius 3 is 2.12 bits per heavy atom. The van der Waals surface area contributed by atoms with Gasteiger partial charge in [0.05, 0.1) is 17.3 Å². The monoisotopic (exact) mass is 273 g/mol. The number of aliphatic hydroxyl groups excluding tert-OH is 1. The third-order valence-electron chi connectivity index (χ3n) is 2.11. The summed E-state index contributed by atoms with van der Waals surface area (Å²) in [4.78, 5) is 0. The summed E-state index contributed by atoms with van der Waals surface area (Å²) in [6.45, 7) is -0.104. The second kappa shape index (κ2) is 6.53. The molecule has 0 rings (SSSR count). The second-order valence-corrected chi connectivity index (χ2v) is 8.23. The summed E-state index contributed by atoms with van der Waals surface area (Å²) in [5, 5.41) is 11.5. The molecule has 1 atom stereocenters. The van der Waals surface area contributed by atoms with Gasteiger partial charge in [0.2, 0.25) is 0 Å². The minimum Gasteiger partial charge on any atom is -0.396 e. The second-order valence-electron chi connectivity index (χ2n) is 3.74. The standard InChI is InChI=1S/C8H19NO5S2/c1-9-8(3-4-10)7-16(13,14)6-5-15(2,11)12/h8-10H,3-7H2,1-2H3. The first kappa shape index (κ1) is 15.8. The van der Waals surface area contributed by atoms with E-state index in [0.717, 1.165) is 6.26 Å². The van der Waals surface area contributed by atoms with Gasteiger partial charge in [-0.05, 0) is 13.5 Å². The summed E-state index contributed by atoms with van der Waals surface area (Å²) in [6.07, 6.45) is 1.33. The van der Waals surface area contributed by atoms with Crippen LogP contribution in [-0.4, -0.2) is 65.2 Å². The molecule has 0 saturated heterocycles. The van der Waals surface area contributed by atoms with Crippen LogP contribution in [0, 0.1) is 0 Å². The zero-order valence-electron chi connectivity index (χ0n) is 9.51. The third kappa shape index (κ3) is 8.03. The lowest BCUT2D eigenvalue weighted by atomic mass is 10.2. The maximum absolute atomic E-state index is 11.5. The Kier molecular flexibility index (Phi) is 6.46. The van der Waals surface area contributed by atoms with Crippen molar-refractivity contribution in [3.63, 3.8) is 0 Å². The zero-order valence-corrected chi connectivity index (χ0v) is 11.1. The third-order valence-corrected chi connectivity index (χ3v) is 5.05. The van der Waals surface area contributed by atoms with Crippen molar-refractivity contribution in [2.45, 2.75) is 12.5 Å². The number of nitrogens with one attached hydrogen (secondary N) is 1. The molecule has 0 aliphatic rings. The Labute approximate surface area is 96.9 Å². The number of rotatable bonds is 8. The molecule has 0 spiro atoms. The maximum Gasteiger partial charge on any atom is 0.152 e. The minimum absolute atomic E-state index is 0.104. The predicted molar refractivity (Wildman–Crippen MR) is 62.9 cm³/mol. The molecule has 0 aliphatic heterocycles. The van der Waals surface area contributed by atoms with Gasteiger partial charge in [-0.1, -0.05) is 0 Å². The SMILES string of the molecule is CNC(CCO)CS(=O)(=O)CCS(C)(=O)=O. The summed E-state index contributed by atoms with van der Waals surface area (Å²) in [5.41, 5.74) is 0. The van der Waals surface area contributed by atoms with Crippen LogP contribution >= 0.6 is 0 Å². The van der Waals surface area contributed by atoms with Crippen molar-refractivity contribution >= 4 is 19.7 Å². The minimum atomic E-state index is -3.40. The van der Waals surface area contributed by atoms with Crippen molar-refractivity contribution in [2.24, 2.45) is 0 Å². The normalized spacial score (nSPS) is 14.9. The highest BCUT2D eigenvalue weighted by Gasteiger charge is 2.19. The van der Waals surface area contributed by atoms with Crippen LogP contribution in [0.3, 0.4) is 0 Å². The summed E-state index contributed by atoms with van der Waals surface area (Å²) in [6, 6.07) is -0.338. The van der Waals surface area contributed by atoms with Gasteiger partial charge in [-0.25, -0.2) is 16.8 Å². The Bertz CT molecular complexity index is 387. The van der Waals surface area contributed by atoms with Gasteiger partial charge < -0.3 is 10.4 Å². The number of hydrogen-bond acceptors (Lipinski definition) is 6. The van der Waals surface area contributed by atoms with Crippen LogP contribution in [0.4, 0.5) is 0 Å². The topological polar surface area (TPSA) is 101 Å². The quantitative estimate of drug-likeness (QED) is 0.553. The van der Waals surface area contributed by atoms with E-state index in [0.29, 0.717) is 6.42 Å². The molecule has 0 aromatic rings. The van der Waals surface area contributed by atoms with E-state index in [2.05, 4.69) is 5.32 Å². The van der Waals surface area contributed by atoms with E-state index < -0.39 is 19.7 Å². The molecule has 0 radical (unpaired) electrons. The molecular formula is C8H19NO5S2. The average Bonchev–Trinajstić information content (AvgIpc) is 2.13. The predicted octanol–water partition coefficient (Wildman–Crippen LogP) is -1.58. The molecule has 98 valence electrons. The summed E-state index contributed by atoms with van der Waals surface area (Å²) >= 11 is 0. The van der Waals surface area contributed by atoms with Crippen molar-refractivity contribution in [1.82, 2.24) is 5.32 Å². The van der Waals surface area contributed by atoms with Crippen LogP contribution in [0.2, 0.25) is 0 Å². The van der Waals surface area contributed by atoms with Gasteiger partial charge in [0, 0.05) is 18.9 Å². The van der Waals surface area contributed by atoms with Gasteiger partial charge in [0.25, 0.3) is 0 Å². The maximum atomic E-state index is 11.5. The molecule has 2 N–H and O–H groups in total. The van der Waals surface area contributed by atoms with Gasteiger partial charge in [-0.15, -0.1) is 0 Å². The van der Waals surface area contributed by atoms with Crippen LogP contribution in [0.1, 0.15) is 6.42 Å². The Morgan fingerprint density at radius 2 is 1.75 bits per heavy atom. The lowest BCUT2D eigenvalue weighted by molar-refractivity contribution is 0.272. The fourth-order valence-corrected chi connectivity index (χ4v) is 4.47. The molecule has 0 amide bonds. The zero-order chi connectivity index (χ0) is 12.8. The molecule has 1 unspecified atom stereocenters. The van der Waals surface area contributed by atoms with Gasteiger partial charge in [0.1, 0.15) is 9.84 Å². The Balaban J connectivity index is 4.34. The first-order valence-electron chi connectivity index (χ1n) is 4.86. The van der Waals surface area contributed by atoms with Crippen molar-refractivity contribution < 1.29 is 21.9 Å². The summed E-state index contributed by atoms with van der Waals surface area (Å²) in [5.74, 6) is -0.875. The van der Waals surface area contributed by atoms with Crippen LogP contribution < -0.4 is 5.32 Å². The fourth-order valence-electron chi connectivity index (χ4n) is 1.14. The summed E-state index contributed by atoms with van der Waals surface area (Å²) < 4.78 is 44.7. The highest BCUT2D eigenvalue weighted by Crippen LogP contribution is 2.00. The molecule has 8 heteroatoms. The molecule has 0 fully saturated rings. The highest BCUT2D eigenvalue weighted by molar-refractivity contribution is 7.94. The van der Waals surface area contributed by atoms with E-state index in [1.54, 1.807) is 7.05 Å². The highest BCUT2D eigenvalue weighted by atomic mass is 32.2. The van der Waals surface area contributed by atoms with E-state index in [4.69, 9.17) is 5.11 Å². The number of sulfone groups is 2. The van der Waals surface area contributed by atoms with E-state index in [1.807, 2.05) is 0 Å². The van der Waals surface area contributed by atoms with Crippen LogP contribution in [0.15, 0.2) is 0 Å². The van der Waals surface area contributed by atoms with E-state index in [-0.39, 0.29) is 29.9 Å². The molecule has 6 nitrogen and oxygen atoms in total. The molecule has 0 aromatic carbocycles. The Hall–Kier alpha value is -0.180. The molecule has 0 aromatic heterocycles. The van der Waals surface area contributed by atoms with Gasteiger partial charge >= 0.3 is 0 Å². The van der Waals surface area contributed by atoms with Crippen LogP contribution in [-0.2, 0) is 19.7 Å². The Morgan fingerprint density at radius 1 is 1.19 bits per heavy atom. The molecule has 16 heavy (non-hydrogen) atoms. The van der Waals surface area contributed by atoms with Gasteiger partial charge in [0.15, 0.2) is 9.84 Å². The van der Waals surface area contributed by atoms with Crippen LogP contribution in [0.5, 0.6) is 0 Å². The lowest BCUT2D eigenvalue weighted by Crippen LogP contribution is -2.35. The van der Waals surface area contributed by atoms with Gasteiger partial charge in [-0.2, -0.15) is 0 Å². The molecule has 0 heterocycles. The van der Waals surface area contributed by atoms with E-state index in [1.165, 1.54) is 0 Å². The van der Waals surface area contributed by atoms with Crippen molar-refractivity contribution in [3.8, 4) is 0 Å². The number of aliphatic hydroxyl groups is 1. The van der Waals surface area contributed by atoms with E-state index >= 15 is 0 Å².